The largest absolute Gasteiger partial charge is 0.350 e. The number of nitrogens with zero attached hydrogens (tertiary/aromatic N) is 2. The van der Waals surface area contributed by atoms with Crippen LogP contribution in [-0.4, -0.2) is 43.3 Å². The Hall–Kier alpha value is -3.92. The number of amides is 2. The summed E-state index contributed by atoms with van der Waals surface area (Å²) in [5.74, 6) is -2.07. The van der Waals surface area contributed by atoms with Gasteiger partial charge in [-0.15, -0.1) is 0 Å². The van der Waals surface area contributed by atoms with E-state index < -0.39 is 45.8 Å². The lowest BCUT2D eigenvalue weighted by molar-refractivity contribution is -0.140. The summed E-state index contributed by atoms with van der Waals surface area (Å²) >= 11 is 13.1. The highest BCUT2D eigenvalue weighted by molar-refractivity contribution is 7.92. The van der Waals surface area contributed by atoms with Crippen LogP contribution < -0.4 is 9.62 Å². The highest BCUT2D eigenvalue weighted by Crippen LogP contribution is 2.30. The predicted octanol–water partition coefficient (Wildman–Crippen LogP) is 6.88. The van der Waals surface area contributed by atoms with E-state index >= 15 is 4.39 Å². The van der Waals surface area contributed by atoms with Gasteiger partial charge in [-0.25, -0.2) is 12.8 Å². The van der Waals surface area contributed by atoms with Crippen molar-refractivity contribution in [1.29, 1.82) is 0 Å². The molecule has 11 heteroatoms. The van der Waals surface area contributed by atoms with E-state index in [0.717, 1.165) is 15.9 Å². The molecule has 0 radical (unpaired) electrons. The molecule has 4 aromatic carbocycles. The molecule has 0 heterocycles. The normalized spacial score (nSPS) is 12.3. The molecule has 1 N–H and O–H groups in total. The SMILES string of the molecule is CC(C)(C)NC(=O)[C@@H](Cc1ccccc1)N(Cc1c(Cl)cccc1Cl)C(=O)CN(c1ccccc1F)S(=O)(=O)c1ccccc1. The smallest absolute Gasteiger partial charge is 0.264 e. The van der Waals surface area contributed by atoms with Crippen molar-refractivity contribution in [3.63, 3.8) is 0 Å². The van der Waals surface area contributed by atoms with Gasteiger partial charge >= 0.3 is 0 Å². The molecule has 45 heavy (non-hydrogen) atoms. The number of anilines is 1. The molecule has 4 aromatic rings. The Morgan fingerprint density at radius 1 is 0.822 bits per heavy atom. The minimum atomic E-state index is -4.43. The van der Waals surface area contributed by atoms with Crippen LogP contribution >= 0.6 is 23.2 Å². The van der Waals surface area contributed by atoms with Gasteiger partial charge in [0.25, 0.3) is 10.0 Å². The van der Waals surface area contributed by atoms with Crippen LogP contribution in [0.3, 0.4) is 0 Å². The number of sulfonamides is 1. The third-order valence-corrected chi connectivity index (χ3v) is 9.37. The third kappa shape index (κ3) is 8.63. The first-order valence-electron chi connectivity index (χ1n) is 14.2. The van der Waals surface area contributed by atoms with Crippen molar-refractivity contribution >= 4 is 50.7 Å². The molecule has 2 amide bonds. The van der Waals surface area contributed by atoms with Gasteiger partial charge in [0.15, 0.2) is 0 Å². The van der Waals surface area contributed by atoms with E-state index in [1.807, 2.05) is 51.1 Å². The molecule has 0 aliphatic rings. The van der Waals surface area contributed by atoms with Crippen LogP contribution in [0.4, 0.5) is 10.1 Å². The maximum Gasteiger partial charge on any atom is 0.264 e. The number of carbonyl (C=O) groups is 2. The standard InChI is InChI=1S/C34H34Cl2FN3O4S/c1-34(2,3)38-33(42)31(21-24-13-6-4-7-14-24)39(22-26-27(35)17-12-18-28(26)36)32(41)23-40(30-20-11-10-19-29(30)37)45(43,44)25-15-8-5-9-16-25/h4-20,31H,21-23H2,1-3H3,(H,38,42)/t31-/m1/s1. The molecule has 0 aliphatic heterocycles. The molecule has 4 rings (SSSR count). The van der Waals surface area contributed by atoms with Crippen LogP contribution in [-0.2, 0) is 32.6 Å². The second-order valence-corrected chi connectivity index (χ2v) is 14.1. The summed E-state index contributed by atoms with van der Waals surface area (Å²) in [7, 11) is -4.43. The zero-order chi connectivity index (χ0) is 32.8. The van der Waals surface area contributed by atoms with Crippen LogP contribution in [0.15, 0.2) is 108 Å². The van der Waals surface area contributed by atoms with Gasteiger partial charge in [-0.05, 0) is 62.7 Å². The number of carbonyl (C=O) groups excluding carboxylic acids is 2. The number of hydrogen-bond acceptors (Lipinski definition) is 4. The summed E-state index contributed by atoms with van der Waals surface area (Å²) in [6.45, 7) is 4.41. The fourth-order valence-corrected chi connectivity index (χ4v) is 6.71. The van der Waals surface area contributed by atoms with E-state index in [9.17, 15) is 18.0 Å². The Morgan fingerprint density at radius 2 is 1.38 bits per heavy atom. The van der Waals surface area contributed by atoms with Crippen molar-refractivity contribution < 1.29 is 22.4 Å². The minimum absolute atomic E-state index is 0.0989. The van der Waals surface area contributed by atoms with Gasteiger partial charge in [-0.2, -0.15) is 0 Å². The first kappa shape index (κ1) is 34.0. The molecular formula is C34H34Cl2FN3O4S. The first-order valence-corrected chi connectivity index (χ1v) is 16.4. The number of benzene rings is 4. The quantitative estimate of drug-likeness (QED) is 0.189. The molecule has 0 bridgehead atoms. The molecule has 1 atom stereocenters. The maximum absolute atomic E-state index is 15.2. The second kappa shape index (κ2) is 14.5. The van der Waals surface area contributed by atoms with Crippen LogP contribution in [0.25, 0.3) is 0 Å². The highest BCUT2D eigenvalue weighted by Gasteiger charge is 2.36. The van der Waals surface area contributed by atoms with E-state index in [1.54, 1.807) is 24.3 Å². The van der Waals surface area contributed by atoms with Crippen molar-refractivity contribution in [3.8, 4) is 0 Å². The van der Waals surface area contributed by atoms with E-state index in [1.165, 1.54) is 47.4 Å². The van der Waals surface area contributed by atoms with Crippen LogP contribution in [0.2, 0.25) is 10.0 Å². The Morgan fingerprint density at radius 3 is 1.96 bits per heavy atom. The van der Waals surface area contributed by atoms with Crippen molar-refractivity contribution in [1.82, 2.24) is 10.2 Å². The van der Waals surface area contributed by atoms with E-state index in [4.69, 9.17) is 23.2 Å². The summed E-state index contributed by atoms with van der Waals surface area (Å²) < 4.78 is 43.9. The van der Waals surface area contributed by atoms with Gasteiger partial charge in [0.2, 0.25) is 11.8 Å². The van der Waals surface area contributed by atoms with E-state index in [2.05, 4.69) is 5.32 Å². The minimum Gasteiger partial charge on any atom is -0.350 e. The van der Waals surface area contributed by atoms with E-state index in [0.29, 0.717) is 5.56 Å². The summed E-state index contributed by atoms with van der Waals surface area (Å²) in [4.78, 5) is 29.5. The van der Waals surface area contributed by atoms with Crippen LogP contribution in [0.1, 0.15) is 31.9 Å². The number of halogens is 3. The van der Waals surface area contributed by atoms with Gasteiger partial charge in [0.05, 0.1) is 10.6 Å². The Balaban J connectivity index is 1.86. The zero-order valence-electron chi connectivity index (χ0n) is 25.1. The number of nitrogens with one attached hydrogen (secondary N) is 1. The first-order chi connectivity index (χ1) is 21.3. The number of hydrogen-bond donors (Lipinski definition) is 1. The molecule has 0 saturated carbocycles. The highest BCUT2D eigenvalue weighted by atomic mass is 35.5. The van der Waals surface area contributed by atoms with Gasteiger partial charge < -0.3 is 10.2 Å². The van der Waals surface area contributed by atoms with Gasteiger partial charge in [0, 0.05) is 34.1 Å². The Labute approximate surface area is 273 Å². The molecule has 0 spiro atoms. The van der Waals surface area contributed by atoms with Gasteiger partial charge in [0.1, 0.15) is 18.4 Å². The van der Waals surface area contributed by atoms with Crippen LogP contribution in [0, 0.1) is 5.82 Å². The molecule has 0 unspecified atom stereocenters. The van der Waals surface area contributed by atoms with Crippen molar-refractivity contribution in [3.05, 3.63) is 130 Å². The topological polar surface area (TPSA) is 86.8 Å². The summed E-state index contributed by atoms with van der Waals surface area (Å²) in [5, 5.41) is 3.47. The zero-order valence-corrected chi connectivity index (χ0v) is 27.4. The van der Waals surface area contributed by atoms with Crippen LogP contribution in [0.5, 0.6) is 0 Å². The lowest BCUT2D eigenvalue weighted by Crippen LogP contribution is -2.56. The number of para-hydroxylation sites is 1. The average Bonchev–Trinajstić information content (AvgIpc) is 2.99. The second-order valence-electron chi connectivity index (χ2n) is 11.4. The molecule has 0 fully saturated rings. The van der Waals surface area contributed by atoms with Gasteiger partial charge in [-0.3, -0.25) is 13.9 Å². The molecule has 0 saturated heterocycles. The maximum atomic E-state index is 15.2. The molecule has 0 aromatic heterocycles. The fourth-order valence-electron chi connectivity index (χ4n) is 4.75. The number of rotatable bonds is 11. The fraction of sp³-hybridized carbons (Fsp3) is 0.235. The van der Waals surface area contributed by atoms with Crippen molar-refractivity contribution in [2.75, 3.05) is 10.8 Å². The van der Waals surface area contributed by atoms with Crippen molar-refractivity contribution in [2.24, 2.45) is 0 Å². The summed E-state index contributed by atoms with van der Waals surface area (Å²) in [5.41, 5.74) is 0.166. The molecule has 0 aliphatic carbocycles. The average molecular weight is 671 g/mol. The van der Waals surface area contributed by atoms with Crippen molar-refractivity contribution in [2.45, 2.75) is 50.2 Å². The lowest BCUT2D eigenvalue weighted by Gasteiger charge is -2.35. The summed E-state index contributed by atoms with van der Waals surface area (Å²) in [6, 6.07) is 25.6. The van der Waals surface area contributed by atoms with Gasteiger partial charge in [-0.1, -0.05) is 89.9 Å². The van der Waals surface area contributed by atoms with E-state index in [-0.39, 0.29) is 33.6 Å². The molecule has 7 nitrogen and oxygen atoms in total. The third-order valence-electron chi connectivity index (χ3n) is 6.89. The lowest BCUT2D eigenvalue weighted by atomic mass is 10.0. The molecule has 236 valence electrons. The molecular weight excluding hydrogens is 636 g/mol. The monoisotopic (exact) mass is 669 g/mol. The predicted molar refractivity (Wildman–Crippen MR) is 176 cm³/mol. The Bertz CT molecular complexity index is 1730. The summed E-state index contributed by atoms with van der Waals surface area (Å²) in [6.07, 6.45) is 0.0989. The Kier molecular flexibility index (Phi) is 10.9.